The van der Waals surface area contributed by atoms with Gasteiger partial charge in [0.25, 0.3) is 0 Å². The van der Waals surface area contributed by atoms with Gasteiger partial charge in [0.05, 0.1) is 11.5 Å². The minimum Gasteiger partial charge on any atom is -0.481 e. The molecule has 0 aromatic heterocycles. The summed E-state index contributed by atoms with van der Waals surface area (Å²) < 4.78 is 10.2. The number of rotatable bonds is 6. The standard InChI is InChI=1S/C11H13NO5/c1-8(7-16-2)17-11-5-9(6-13)3-4-10(11)12(14)15/h3-6,8H,7H2,1-2H3. The van der Waals surface area contributed by atoms with Gasteiger partial charge in [-0.1, -0.05) is 0 Å². The third-order valence-corrected chi connectivity index (χ3v) is 2.05. The summed E-state index contributed by atoms with van der Waals surface area (Å²) in [6, 6.07) is 3.97. The third-order valence-electron chi connectivity index (χ3n) is 2.05. The maximum absolute atomic E-state index is 10.8. The quantitative estimate of drug-likeness (QED) is 0.430. The van der Waals surface area contributed by atoms with Crippen molar-refractivity contribution in [3.63, 3.8) is 0 Å². The molecular weight excluding hydrogens is 226 g/mol. The van der Waals surface area contributed by atoms with Gasteiger partial charge in [-0.2, -0.15) is 0 Å². The summed E-state index contributed by atoms with van der Waals surface area (Å²) in [6.07, 6.45) is 0.276. The summed E-state index contributed by atoms with van der Waals surface area (Å²) in [4.78, 5) is 20.8. The second-order valence-electron chi connectivity index (χ2n) is 3.49. The van der Waals surface area contributed by atoms with E-state index in [2.05, 4.69) is 0 Å². The van der Waals surface area contributed by atoms with Crippen molar-refractivity contribution in [2.75, 3.05) is 13.7 Å². The van der Waals surface area contributed by atoms with Crippen LogP contribution in [-0.4, -0.2) is 31.0 Å². The number of aldehydes is 1. The largest absolute Gasteiger partial charge is 0.481 e. The SMILES string of the molecule is COCC(C)Oc1cc(C=O)ccc1[N+](=O)[O-]. The van der Waals surface area contributed by atoms with E-state index in [0.29, 0.717) is 18.5 Å². The van der Waals surface area contributed by atoms with Crippen molar-refractivity contribution in [2.24, 2.45) is 0 Å². The predicted molar refractivity (Wildman–Crippen MR) is 60.4 cm³/mol. The minimum absolute atomic E-state index is 0.0733. The van der Waals surface area contributed by atoms with Crippen LogP contribution in [0.1, 0.15) is 17.3 Å². The first-order chi connectivity index (χ1) is 8.08. The third kappa shape index (κ3) is 3.53. The number of hydrogen-bond donors (Lipinski definition) is 0. The lowest BCUT2D eigenvalue weighted by molar-refractivity contribution is -0.386. The van der Waals surface area contributed by atoms with E-state index >= 15 is 0 Å². The Bertz CT molecular complexity index is 418. The van der Waals surface area contributed by atoms with Crippen LogP contribution in [0.3, 0.4) is 0 Å². The molecular formula is C11H13NO5. The maximum Gasteiger partial charge on any atom is 0.310 e. The molecule has 6 heteroatoms. The summed E-state index contributed by atoms with van der Waals surface area (Å²) in [5.41, 5.74) is 0.161. The Morgan fingerprint density at radius 3 is 2.76 bits per heavy atom. The Kier molecular flexibility index (Phi) is 4.59. The highest BCUT2D eigenvalue weighted by Gasteiger charge is 2.17. The number of benzene rings is 1. The molecule has 0 saturated carbocycles. The van der Waals surface area contributed by atoms with E-state index in [1.807, 2.05) is 0 Å². The molecule has 1 aromatic rings. The fourth-order valence-corrected chi connectivity index (χ4v) is 1.33. The highest BCUT2D eigenvalue weighted by atomic mass is 16.6. The molecule has 0 bridgehead atoms. The zero-order valence-electron chi connectivity index (χ0n) is 9.58. The number of nitro benzene ring substituents is 1. The lowest BCUT2D eigenvalue weighted by Crippen LogP contribution is -2.18. The first-order valence-corrected chi connectivity index (χ1v) is 4.97. The molecule has 0 N–H and O–H groups in total. The molecule has 0 fully saturated rings. The molecule has 0 amide bonds. The van der Waals surface area contributed by atoms with Crippen molar-refractivity contribution in [3.05, 3.63) is 33.9 Å². The topological polar surface area (TPSA) is 78.7 Å². The van der Waals surface area contributed by atoms with Crippen LogP contribution in [-0.2, 0) is 4.74 Å². The smallest absolute Gasteiger partial charge is 0.310 e. The zero-order valence-corrected chi connectivity index (χ0v) is 9.58. The fourth-order valence-electron chi connectivity index (χ4n) is 1.33. The highest BCUT2D eigenvalue weighted by Crippen LogP contribution is 2.28. The van der Waals surface area contributed by atoms with Gasteiger partial charge in [-0.25, -0.2) is 0 Å². The second kappa shape index (κ2) is 5.95. The van der Waals surface area contributed by atoms with E-state index < -0.39 is 4.92 Å². The highest BCUT2D eigenvalue weighted by molar-refractivity contribution is 5.76. The van der Waals surface area contributed by atoms with Crippen molar-refractivity contribution >= 4 is 12.0 Å². The number of carbonyl (C=O) groups excluding carboxylic acids is 1. The number of nitro groups is 1. The first kappa shape index (κ1) is 13.1. The van der Waals surface area contributed by atoms with Gasteiger partial charge in [0.15, 0.2) is 5.75 Å². The van der Waals surface area contributed by atoms with Crippen molar-refractivity contribution in [1.29, 1.82) is 0 Å². The maximum atomic E-state index is 10.8. The van der Waals surface area contributed by atoms with Gasteiger partial charge in [0.1, 0.15) is 12.4 Å². The predicted octanol–water partition coefficient (Wildman–Crippen LogP) is 1.82. The van der Waals surface area contributed by atoms with Crippen LogP contribution in [0.25, 0.3) is 0 Å². The number of hydrogen-bond acceptors (Lipinski definition) is 5. The molecule has 0 aliphatic heterocycles. The molecule has 0 spiro atoms. The first-order valence-electron chi connectivity index (χ1n) is 4.97. The zero-order chi connectivity index (χ0) is 12.8. The molecule has 92 valence electrons. The molecule has 0 aliphatic carbocycles. The van der Waals surface area contributed by atoms with Crippen LogP contribution in [0.5, 0.6) is 5.75 Å². The minimum atomic E-state index is -0.552. The molecule has 1 unspecified atom stereocenters. The Morgan fingerprint density at radius 2 is 2.24 bits per heavy atom. The van der Waals surface area contributed by atoms with Gasteiger partial charge in [0.2, 0.25) is 0 Å². The molecule has 1 atom stereocenters. The summed E-state index contributed by atoms with van der Waals surface area (Å²) in [6.45, 7) is 2.03. The van der Waals surface area contributed by atoms with E-state index in [4.69, 9.17) is 9.47 Å². The number of carbonyl (C=O) groups is 1. The van der Waals surface area contributed by atoms with Gasteiger partial charge in [-0.15, -0.1) is 0 Å². The number of ether oxygens (including phenoxy) is 2. The molecule has 0 aliphatic rings. The van der Waals surface area contributed by atoms with Crippen LogP contribution < -0.4 is 4.74 Å². The van der Waals surface area contributed by atoms with Crippen molar-refractivity contribution < 1.29 is 19.2 Å². The summed E-state index contributed by atoms with van der Waals surface area (Å²) in [5.74, 6) is 0.0733. The van der Waals surface area contributed by atoms with Crippen LogP contribution >= 0.6 is 0 Å². The van der Waals surface area contributed by atoms with Gasteiger partial charge < -0.3 is 9.47 Å². The molecule has 1 aromatic carbocycles. The molecule has 1 rings (SSSR count). The van der Waals surface area contributed by atoms with Crippen LogP contribution in [0.2, 0.25) is 0 Å². The summed E-state index contributed by atoms with van der Waals surface area (Å²) in [7, 11) is 1.51. The average molecular weight is 239 g/mol. The van der Waals surface area contributed by atoms with Crippen LogP contribution in [0, 0.1) is 10.1 Å². The average Bonchev–Trinajstić information content (AvgIpc) is 2.28. The monoisotopic (exact) mass is 239 g/mol. The normalized spacial score (nSPS) is 11.9. The molecule has 0 radical (unpaired) electrons. The molecule has 0 saturated heterocycles. The Morgan fingerprint density at radius 1 is 1.53 bits per heavy atom. The fraction of sp³-hybridized carbons (Fsp3) is 0.364. The van der Waals surface area contributed by atoms with Gasteiger partial charge in [-0.05, 0) is 19.1 Å². The summed E-state index contributed by atoms with van der Waals surface area (Å²) >= 11 is 0. The Labute approximate surface area is 98.3 Å². The van der Waals surface area contributed by atoms with E-state index in [1.165, 1.54) is 25.3 Å². The van der Waals surface area contributed by atoms with E-state index in [1.54, 1.807) is 6.92 Å². The van der Waals surface area contributed by atoms with Gasteiger partial charge in [0, 0.05) is 18.7 Å². The molecule has 6 nitrogen and oxygen atoms in total. The van der Waals surface area contributed by atoms with Crippen molar-refractivity contribution in [2.45, 2.75) is 13.0 Å². The van der Waals surface area contributed by atoms with Crippen molar-refractivity contribution in [1.82, 2.24) is 0 Å². The lowest BCUT2D eigenvalue weighted by atomic mass is 10.2. The van der Waals surface area contributed by atoms with E-state index in [0.717, 1.165) is 0 Å². The number of nitrogens with zero attached hydrogens (tertiary/aromatic N) is 1. The summed E-state index contributed by atoms with van der Waals surface area (Å²) in [5, 5.41) is 10.8. The lowest BCUT2D eigenvalue weighted by Gasteiger charge is -2.13. The second-order valence-corrected chi connectivity index (χ2v) is 3.49. The Balaban J connectivity index is 3.00. The molecule has 0 heterocycles. The molecule has 17 heavy (non-hydrogen) atoms. The number of methoxy groups -OCH3 is 1. The van der Waals surface area contributed by atoms with E-state index in [9.17, 15) is 14.9 Å². The van der Waals surface area contributed by atoms with E-state index in [-0.39, 0.29) is 17.5 Å². The van der Waals surface area contributed by atoms with Crippen molar-refractivity contribution in [3.8, 4) is 5.75 Å². The van der Waals surface area contributed by atoms with Gasteiger partial charge >= 0.3 is 5.69 Å². The van der Waals surface area contributed by atoms with Crippen LogP contribution in [0.15, 0.2) is 18.2 Å². The van der Waals surface area contributed by atoms with Gasteiger partial charge in [-0.3, -0.25) is 14.9 Å². The Hall–Kier alpha value is -1.95. The van der Waals surface area contributed by atoms with Crippen LogP contribution in [0.4, 0.5) is 5.69 Å².